The van der Waals surface area contributed by atoms with E-state index in [0.29, 0.717) is 11.7 Å². The Kier molecular flexibility index (Phi) is 7.10. The van der Waals surface area contributed by atoms with Crippen molar-refractivity contribution in [3.05, 3.63) is 95.3 Å². The van der Waals surface area contributed by atoms with Crippen LogP contribution in [0.5, 0.6) is 0 Å². The smallest absolute Gasteiger partial charge is 0.234 e. The van der Waals surface area contributed by atoms with Crippen LogP contribution in [0, 0.1) is 20.8 Å². The van der Waals surface area contributed by atoms with E-state index in [1.807, 2.05) is 73.0 Å². The van der Waals surface area contributed by atoms with Gasteiger partial charge in [-0.3, -0.25) is 9.36 Å². The van der Waals surface area contributed by atoms with Gasteiger partial charge in [-0.25, -0.2) is 0 Å². The molecule has 1 amide bonds. The monoisotopic (exact) mass is 457 g/mol. The molecule has 0 radical (unpaired) electrons. The van der Waals surface area contributed by atoms with Crippen LogP contribution in [-0.4, -0.2) is 26.4 Å². The van der Waals surface area contributed by atoms with Crippen LogP contribution in [0.1, 0.15) is 22.5 Å². The number of thioether (sulfide) groups is 1. The molecule has 2 N–H and O–H groups in total. The summed E-state index contributed by atoms with van der Waals surface area (Å²) in [5.41, 5.74) is 6.24. The lowest BCUT2D eigenvalue weighted by molar-refractivity contribution is -0.113. The molecule has 168 valence electrons. The van der Waals surface area contributed by atoms with Crippen molar-refractivity contribution in [1.29, 1.82) is 0 Å². The largest absolute Gasteiger partial charge is 0.378 e. The number of nitrogens with one attached hydrogen (secondary N) is 2. The van der Waals surface area contributed by atoms with Gasteiger partial charge in [-0.15, -0.1) is 10.2 Å². The number of carbonyl (C=O) groups is 1. The molecule has 6 nitrogen and oxygen atoms in total. The Labute approximate surface area is 198 Å². The van der Waals surface area contributed by atoms with Gasteiger partial charge in [0.2, 0.25) is 5.91 Å². The number of hydrogen-bond acceptors (Lipinski definition) is 5. The van der Waals surface area contributed by atoms with Crippen molar-refractivity contribution in [3.63, 3.8) is 0 Å². The second kappa shape index (κ2) is 10.4. The van der Waals surface area contributed by atoms with Crippen molar-refractivity contribution in [2.45, 2.75) is 32.5 Å². The minimum atomic E-state index is -0.0769. The average Bonchev–Trinajstić information content (AvgIpc) is 3.20. The highest BCUT2D eigenvalue weighted by molar-refractivity contribution is 7.99. The lowest BCUT2D eigenvalue weighted by Gasteiger charge is -2.12. The van der Waals surface area contributed by atoms with Crippen LogP contribution in [0.15, 0.2) is 78.0 Å². The van der Waals surface area contributed by atoms with E-state index in [4.69, 9.17) is 0 Å². The third-order valence-corrected chi connectivity index (χ3v) is 5.98. The predicted octanol–water partition coefficient (Wildman–Crippen LogP) is 5.54. The molecule has 0 saturated heterocycles. The fraction of sp³-hybridized carbons (Fsp3) is 0.192. The Balaban J connectivity index is 1.49. The Hall–Kier alpha value is -3.58. The first-order valence-electron chi connectivity index (χ1n) is 10.8. The summed E-state index contributed by atoms with van der Waals surface area (Å²) in [6, 6.07) is 24.2. The third kappa shape index (κ3) is 6.02. The molecule has 0 aliphatic carbocycles. The molecule has 0 saturated carbocycles. The molecule has 0 unspecified atom stereocenters. The molecule has 0 aliphatic heterocycles. The van der Waals surface area contributed by atoms with Gasteiger partial charge in [-0.05, 0) is 68.3 Å². The number of amides is 1. The topological polar surface area (TPSA) is 71.8 Å². The van der Waals surface area contributed by atoms with E-state index < -0.39 is 0 Å². The molecule has 1 aromatic heterocycles. The molecule has 3 aromatic carbocycles. The van der Waals surface area contributed by atoms with Crippen molar-refractivity contribution in [2.24, 2.45) is 0 Å². The molecule has 0 aliphatic rings. The fourth-order valence-corrected chi connectivity index (χ4v) is 4.34. The molecule has 0 spiro atoms. The van der Waals surface area contributed by atoms with Gasteiger partial charge in [0.1, 0.15) is 0 Å². The fourth-order valence-electron chi connectivity index (χ4n) is 3.57. The molecule has 7 heteroatoms. The van der Waals surface area contributed by atoms with E-state index in [1.54, 1.807) is 0 Å². The number of para-hydroxylation sites is 1. The second-order valence-corrected chi connectivity index (χ2v) is 8.95. The van der Waals surface area contributed by atoms with E-state index in [1.165, 1.54) is 17.3 Å². The summed E-state index contributed by atoms with van der Waals surface area (Å²) in [4.78, 5) is 12.6. The number of aryl methyl sites for hydroxylation is 3. The number of benzene rings is 3. The van der Waals surface area contributed by atoms with Crippen LogP contribution in [-0.2, 0) is 11.3 Å². The zero-order valence-electron chi connectivity index (χ0n) is 19.0. The number of carbonyl (C=O) groups excluding carboxylic acids is 1. The number of hydrogen-bond donors (Lipinski definition) is 2. The molecule has 4 rings (SSSR count). The second-order valence-electron chi connectivity index (χ2n) is 8.00. The van der Waals surface area contributed by atoms with Gasteiger partial charge in [0.05, 0.1) is 12.3 Å². The third-order valence-electron chi connectivity index (χ3n) is 5.05. The van der Waals surface area contributed by atoms with Crippen molar-refractivity contribution in [1.82, 2.24) is 14.8 Å². The minimum Gasteiger partial charge on any atom is -0.378 e. The highest BCUT2D eigenvalue weighted by Gasteiger charge is 2.16. The van der Waals surface area contributed by atoms with Crippen molar-refractivity contribution < 1.29 is 4.79 Å². The Morgan fingerprint density at radius 3 is 2.24 bits per heavy atom. The number of aromatic nitrogens is 3. The highest BCUT2D eigenvalue weighted by Crippen LogP contribution is 2.23. The van der Waals surface area contributed by atoms with E-state index in [-0.39, 0.29) is 11.7 Å². The van der Waals surface area contributed by atoms with Gasteiger partial charge in [-0.1, -0.05) is 53.7 Å². The van der Waals surface area contributed by atoms with E-state index >= 15 is 0 Å². The van der Waals surface area contributed by atoms with Gasteiger partial charge in [0, 0.05) is 17.1 Å². The molecule has 0 fully saturated rings. The standard InChI is InChI=1S/C26H27N5OS/c1-18-9-11-21(12-10-18)27-16-24-29-30-26(31(24)23-7-5-4-6-8-23)33-17-25(32)28-22-14-19(2)13-20(3)15-22/h4-15,27H,16-17H2,1-3H3,(H,28,32). The maximum absolute atomic E-state index is 12.6. The zero-order chi connectivity index (χ0) is 23.2. The highest BCUT2D eigenvalue weighted by atomic mass is 32.2. The molecule has 4 aromatic rings. The number of rotatable bonds is 8. The van der Waals surface area contributed by atoms with Crippen molar-refractivity contribution >= 4 is 29.0 Å². The minimum absolute atomic E-state index is 0.0769. The predicted molar refractivity (Wildman–Crippen MR) is 135 cm³/mol. The lowest BCUT2D eigenvalue weighted by Crippen LogP contribution is -2.15. The SMILES string of the molecule is Cc1ccc(NCc2nnc(SCC(=O)Nc3cc(C)cc(C)c3)n2-c2ccccc2)cc1. The summed E-state index contributed by atoms with van der Waals surface area (Å²) < 4.78 is 2.00. The van der Waals surface area contributed by atoms with Crippen LogP contribution in [0.4, 0.5) is 11.4 Å². The maximum Gasteiger partial charge on any atom is 0.234 e. The lowest BCUT2D eigenvalue weighted by atomic mass is 10.1. The number of anilines is 2. The Morgan fingerprint density at radius 2 is 1.55 bits per heavy atom. The van der Waals surface area contributed by atoms with Crippen molar-refractivity contribution in [3.8, 4) is 5.69 Å². The molecular formula is C26H27N5OS. The summed E-state index contributed by atoms with van der Waals surface area (Å²) >= 11 is 1.37. The summed E-state index contributed by atoms with van der Waals surface area (Å²) in [6.07, 6.45) is 0. The van der Waals surface area contributed by atoms with E-state index in [2.05, 4.69) is 46.0 Å². The zero-order valence-corrected chi connectivity index (χ0v) is 19.8. The van der Waals surface area contributed by atoms with Crippen LogP contribution < -0.4 is 10.6 Å². The van der Waals surface area contributed by atoms with Crippen LogP contribution in [0.3, 0.4) is 0 Å². The molecule has 0 bridgehead atoms. The Bertz CT molecular complexity index is 1220. The maximum atomic E-state index is 12.6. The van der Waals surface area contributed by atoms with E-state index in [9.17, 15) is 4.79 Å². The molecular weight excluding hydrogens is 430 g/mol. The quantitative estimate of drug-likeness (QED) is 0.340. The van der Waals surface area contributed by atoms with Gasteiger partial charge < -0.3 is 10.6 Å². The Morgan fingerprint density at radius 1 is 0.848 bits per heavy atom. The molecule has 1 heterocycles. The van der Waals surface area contributed by atoms with Gasteiger partial charge in [-0.2, -0.15) is 0 Å². The van der Waals surface area contributed by atoms with Crippen LogP contribution >= 0.6 is 11.8 Å². The van der Waals surface area contributed by atoms with Crippen molar-refractivity contribution in [2.75, 3.05) is 16.4 Å². The van der Waals surface area contributed by atoms with Gasteiger partial charge in [0.15, 0.2) is 11.0 Å². The average molecular weight is 458 g/mol. The normalized spacial score (nSPS) is 10.8. The number of nitrogens with zero attached hydrogens (tertiary/aromatic N) is 3. The molecule has 33 heavy (non-hydrogen) atoms. The van der Waals surface area contributed by atoms with Gasteiger partial charge >= 0.3 is 0 Å². The van der Waals surface area contributed by atoms with Gasteiger partial charge in [0.25, 0.3) is 0 Å². The van der Waals surface area contributed by atoms with Crippen LogP contribution in [0.25, 0.3) is 5.69 Å². The first kappa shape index (κ1) is 22.6. The summed E-state index contributed by atoms with van der Waals surface area (Å²) in [6.45, 7) is 6.62. The van der Waals surface area contributed by atoms with Crippen LogP contribution in [0.2, 0.25) is 0 Å². The molecule has 0 atom stereocenters. The first-order valence-corrected chi connectivity index (χ1v) is 11.8. The summed E-state index contributed by atoms with van der Waals surface area (Å²) in [7, 11) is 0. The summed E-state index contributed by atoms with van der Waals surface area (Å²) in [5, 5.41) is 15.9. The van der Waals surface area contributed by atoms with E-state index in [0.717, 1.165) is 34.0 Å². The first-order chi connectivity index (χ1) is 16.0. The summed E-state index contributed by atoms with van der Waals surface area (Å²) in [5.74, 6) is 0.939.